The summed E-state index contributed by atoms with van der Waals surface area (Å²) in [6, 6.07) is 6.82. The number of hydrogen-bond acceptors (Lipinski definition) is 5. The van der Waals surface area contributed by atoms with E-state index < -0.39 is 11.7 Å². The number of alkyl carbamates (subject to hydrolysis) is 1. The molecule has 6 nitrogen and oxygen atoms in total. The van der Waals surface area contributed by atoms with Gasteiger partial charge in [-0.2, -0.15) is 5.26 Å². The zero-order valence-electron chi connectivity index (χ0n) is 17.4. The van der Waals surface area contributed by atoms with Crippen LogP contribution in [0.5, 0.6) is 0 Å². The van der Waals surface area contributed by atoms with Crippen molar-refractivity contribution in [3.63, 3.8) is 0 Å². The van der Waals surface area contributed by atoms with Gasteiger partial charge in [0.1, 0.15) is 11.7 Å². The molecule has 0 spiro atoms. The van der Waals surface area contributed by atoms with Gasteiger partial charge in [-0.15, -0.1) is 0 Å². The SMILES string of the molecule is C[C@@H](CC1CCC(O)(C(=O)c2cc(C#N)ccc2Br)CC1)OC(=O)NC(C)(C)C. The van der Waals surface area contributed by atoms with E-state index in [4.69, 9.17) is 10.00 Å². The van der Waals surface area contributed by atoms with E-state index in [1.165, 1.54) is 6.07 Å². The minimum atomic E-state index is -1.43. The van der Waals surface area contributed by atoms with Crippen LogP contribution in [0.1, 0.15) is 75.7 Å². The van der Waals surface area contributed by atoms with Crippen molar-refractivity contribution < 1.29 is 19.4 Å². The van der Waals surface area contributed by atoms with Gasteiger partial charge in [0.2, 0.25) is 0 Å². The molecule has 0 aromatic heterocycles. The van der Waals surface area contributed by atoms with Crippen molar-refractivity contribution >= 4 is 27.8 Å². The van der Waals surface area contributed by atoms with Gasteiger partial charge in [0.05, 0.1) is 11.6 Å². The Morgan fingerprint density at radius 3 is 2.55 bits per heavy atom. The number of amides is 1. The lowest BCUT2D eigenvalue weighted by Crippen LogP contribution is -2.43. The summed E-state index contributed by atoms with van der Waals surface area (Å²) < 4.78 is 6.00. The summed E-state index contributed by atoms with van der Waals surface area (Å²) in [5.41, 5.74) is -1.06. The third-order valence-corrected chi connectivity index (χ3v) is 5.84. The molecule has 1 atom stereocenters. The smallest absolute Gasteiger partial charge is 0.407 e. The number of halogens is 1. The Morgan fingerprint density at radius 1 is 1.38 bits per heavy atom. The molecule has 0 bridgehead atoms. The Bertz CT molecular complexity index is 802. The number of aliphatic hydroxyl groups is 1. The first-order valence-corrected chi connectivity index (χ1v) is 10.7. The van der Waals surface area contributed by atoms with Gasteiger partial charge in [-0.25, -0.2) is 4.79 Å². The molecule has 1 fully saturated rings. The maximum atomic E-state index is 13.0. The van der Waals surface area contributed by atoms with Crippen LogP contribution in [0.3, 0.4) is 0 Å². The predicted octanol–water partition coefficient (Wildman–Crippen LogP) is 4.73. The minimum absolute atomic E-state index is 0.245. The predicted molar refractivity (Wildman–Crippen MR) is 114 cm³/mol. The van der Waals surface area contributed by atoms with E-state index in [-0.39, 0.29) is 23.3 Å². The molecule has 1 amide bonds. The zero-order valence-corrected chi connectivity index (χ0v) is 19.0. The third-order valence-electron chi connectivity index (χ3n) is 5.15. The second-order valence-electron chi connectivity index (χ2n) is 8.94. The summed E-state index contributed by atoms with van der Waals surface area (Å²) in [6.07, 6.45) is 2.05. The number of nitriles is 1. The van der Waals surface area contributed by atoms with Gasteiger partial charge in [-0.05, 0) is 83.9 Å². The van der Waals surface area contributed by atoms with Crippen LogP contribution < -0.4 is 5.32 Å². The van der Waals surface area contributed by atoms with Gasteiger partial charge in [0.25, 0.3) is 0 Å². The Hall–Kier alpha value is -1.91. The topological polar surface area (TPSA) is 99.4 Å². The van der Waals surface area contributed by atoms with Crippen molar-refractivity contribution in [1.82, 2.24) is 5.32 Å². The van der Waals surface area contributed by atoms with Crippen LogP contribution in [0.25, 0.3) is 0 Å². The van der Waals surface area contributed by atoms with Crippen LogP contribution in [0.4, 0.5) is 4.79 Å². The Kier molecular flexibility index (Phi) is 7.47. The van der Waals surface area contributed by atoms with Crippen molar-refractivity contribution in [1.29, 1.82) is 5.26 Å². The molecule has 1 saturated carbocycles. The van der Waals surface area contributed by atoms with Crippen LogP contribution in [0.2, 0.25) is 0 Å². The first-order valence-electron chi connectivity index (χ1n) is 9.89. The molecule has 2 N–H and O–H groups in total. The van der Waals surface area contributed by atoms with E-state index in [1.54, 1.807) is 12.1 Å². The van der Waals surface area contributed by atoms with Crippen LogP contribution in [-0.4, -0.2) is 34.2 Å². The molecule has 0 saturated heterocycles. The van der Waals surface area contributed by atoms with Gasteiger partial charge >= 0.3 is 6.09 Å². The third kappa shape index (κ3) is 6.55. The van der Waals surface area contributed by atoms with Crippen molar-refractivity contribution in [3.05, 3.63) is 33.8 Å². The number of rotatable bonds is 5. The Labute approximate surface area is 180 Å². The van der Waals surface area contributed by atoms with Gasteiger partial charge in [0, 0.05) is 15.6 Å². The normalized spacial score (nSPS) is 23.0. The second kappa shape index (κ2) is 9.27. The fourth-order valence-electron chi connectivity index (χ4n) is 3.67. The molecule has 0 heterocycles. The van der Waals surface area contributed by atoms with Gasteiger partial charge < -0.3 is 15.2 Å². The number of carbonyl (C=O) groups is 2. The average Bonchev–Trinajstić information content (AvgIpc) is 2.62. The monoisotopic (exact) mass is 464 g/mol. The summed E-state index contributed by atoms with van der Waals surface area (Å²) in [5.74, 6) is -0.0804. The lowest BCUT2D eigenvalue weighted by Gasteiger charge is -2.36. The van der Waals surface area contributed by atoms with E-state index in [2.05, 4.69) is 21.2 Å². The Balaban J connectivity index is 1.93. The van der Waals surface area contributed by atoms with Gasteiger partial charge in [-0.3, -0.25) is 4.79 Å². The summed E-state index contributed by atoms with van der Waals surface area (Å²) in [6.45, 7) is 7.53. The number of ether oxygens (including phenoxy) is 1. The quantitative estimate of drug-likeness (QED) is 0.613. The van der Waals surface area contributed by atoms with Crippen LogP contribution in [-0.2, 0) is 4.74 Å². The summed E-state index contributed by atoms with van der Waals surface area (Å²) in [5, 5.41) is 22.8. The molecule has 2 rings (SSSR count). The molecule has 1 aliphatic carbocycles. The summed E-state index contributed by atoms with van der Waals surface area (Å²) >= 11 is 3.34. The Morgan fingerprint density at radius 2 is 2.00 bits per heavy atom. The van der Waals surface area contributed by atoms with Gasteiger partial charge in [0.15, 0.2) is 5.78 Å². The summed E-state index contributed by atoms with van der Waals surface area (Å²) in [7, 11) is 0. The van der Waals surface area contributed by atoms with E-state index in [9.17, 15) is 14.7 Å². The van der Waals surface area contributed by atoms with Crippen LogP contribution in [0, 0.1) is 17.2 Å². The van der Waals surface area contributed by atoms with Crippen LogP contribution >= 0.6 is 15.9 Å². The lowest BCUT2D eigenvalue weighted by molar-refractivity contribution is -0.00304. The first kappa shape index (κ1) is 23.4. The van der Waals surface area contributed by atoms with Crippen LogP contribution in [0.15, 0.2) is 22.7 Å². The first-order chi connectivity index (χ1) is 13.4. The molecular formula is C22H29BrN2O4. The molecule has 0 radical (unpaired) electrons. The van der Waals surface area contributed by atoms with Crippen molar-refractivity contribution in [2.45, 2.75) is 77.0 Å². The number of hydrogen-bond donors (Lipinski definition) is 2. The van der Waals surface area contributed by atoms with E-state index >= 15 is 0 Å². The van der Waals surface area contributed by atoms with Crippen molar-refractivity contribution in [2.24, 2.45) is 5.92 Å². The van der Waals surface area contributed by atoms with Crippen molar-refractivity contribution in [3.8, 4) is 6.07 Å². The van der Waals surface area contributed by atoms with Crippen molar-refractivity contribution in [2.75, 3.05) is 0 Å². The second-order valence-corrected chi connectivity index (χ2v) is 9.79. The maximum Gasteiger partial charge on any atom is 0.407 e. The molecule has 1 aromatic rings. The highest BCUT2D eigenvalue weighted by Crippen LogP contribution is 2.38. The molecule has 0 aliphatic heterocycles. The molecule has 29 heavy (non-hydrogen) atoms. The number of carbonyl (C=O) groups excluding carboxylic acids is 2. The summed E-state index contributed by atoms with van der Waals surface area (Å²) in [4.78, 5) is 24.8. The number of Topliss-reactive ketones (excluding diaryl/α,β-unsaturated/α-hetero) is 1. The molecule has 158 valence electrons. The largest absolute Gasteiger partial charge is 0.447 e. The fourth-order valence-corrected chi connectivity index (χ4v) is 4.10. The molecule has 7 heteroatoms. The highest BCUT2D eigenvalue weighted by molar-refractivity contribution is 9.10. The average molecular weight is 465 g/mol. The lowest BCUT2D eigenvalue weighted by atomic mass is 9.73. The molecular weight excluding hydrogens is 436 g/mol. The van der Waals surface area contributed by atoms with Gasteiger partial charge in [-0.1, -0.05) is 15.9 Å². The zero-order chi connectivity index (χ0) is 21.8. The number of benzene rings is 1. The molecule has 0 unspecified atom stereocenters. The standard InChI is InChI=1S/C22H29BrN2O4/c1-14(29-20(27)25-21(2,3)4)11-15-7-9-22(28,10-8-15)19(26)17-12-16(13-24)5-6-18(17)23/h5-6,12,14-15,28H,7-11H2,1-4H3,(H,25,27)/t14-,15?,22?/m0/s1. The number of ketones is 1. The van der Waals surface area contributed by atoms with E-state index in [0.29, 0.717) is 47.7 Å². The van der Waals surface area contributed by atoms with E-state index in [1.807, 2.05) is 33.8 Å². The molecule has 1 aliphatic rings. The highest BCUT2D eigenvalue weighted by Gasteiger charge is 2.41. The number of nitrogens with zero attached hydrogens (tertiary/aromatic N) is 1. The minimum Gasteiger partial charge on any atom is -0.447 e. The fraction of sp³-hybridized carbons (Fsp3) is 0.591. The maximum absolute atomic E-state index is 13.0. The highest BCUT2D eigenvalue weighted by atomic mass is 79.9. The molecule has 1 aromatic carbocycles. The van der Waals surface area contributed by atoms with E-state index in [0.717, 1.165) is 0 Å². The number of nitrogens with one attached hydrogen (secondary N) is 1.